The van der Waals surface area contributed by atoms with Crippen molar-refractivity contribution in [2.45, 2.75) is 11.3 Å². The average molecular weight is 297 g/mol. The number of sulfone groups is 1. The molecule has 2 N–H and O–H groups in total. The number of halogens is 1. The van der Waals surface area contributed by atoms with Gasteiger partial charge in [0.05, 0.1) is 15.7 Å². The summed E-state index contributed by atoms with van der Waals surface area (Å²) in [6.45, 7) is 0. The Labute approximate surface area is 117 Å². The lowest BCUT2D eigenvalue weighted by atomic mass is 10.2. The molecule has 0 radical (unpaired) electrons. The van der Waals surface area contributed by atoms with Crippen molar-refractivity contribution in [3.05, 3.63) is 53.3 Å². The summed E-state index contributed by atoms with van der Waals surface area (Å²) in [5, 5.41) is 0.198. The van der Waals surface area contributed by atoms with Crippen molar-refractivity contribution in [2.24, 2.45) is 0 Å². The number of nitrogens with two attached hydrogens (primary N) is 1. The highest BCUT2D eigenvalue weighted by Crippen LogP contribution is 2.25. The van der Waals surface area contributed by atoms with Crippen LogP contribution in [0, 0.1) is 0 Å². The highest BCUT2D eigenvalue weighted by molar-refractivity contribution is 7.91. The van der Waals surface area contributed by atoms with Crippen LogP contribution in [0.25, 0.3) is 0 Å². The Balaban J connectivity index is 2.21. The van der Waals surface area contributed by atoms with E-state index in [4.69, 9.17) is 17.3 Å². The zero-order chi connectivity index (χ0) is 13.9. The van der Waals surface area contributed by atoms with Crippen molar-refractivity contribution in [1.29, 1.82) is 0 Å². The summed E-state index contributed by atoms with van der Waals surface area (Å²) in [6, 6.07) is 8.04. The Morgan fingerprint density at radius 3 is 2.53 bits per heavy atom. The molecule has 0 saturated carbocycles. The third-order valence-electron chi connectivity index (χ3n) is 2.70. The molecule has 6 heteroatoms. The second-order valence-electron chi connectivity index (χ2n) is 4.11. The van der Waals surface area contributed by atoms with Gasteiger partial charge in [0.25, 0.3) is 0 Å². The van der Waals surface area contributed by atoms with Crippen molar-refractivity contribution >= 4 is 27.1 Å². The van der Waals surface area contributed by atoms with Crippen LogP contribution in [-0.4, -0.2) is 19.2 Å². The van der Waals surface area contributed by atoms with E-state index < -0.39 is 9.84 Å². The molecule has 19 heavy (non-hydrogen) atoms. The first kappa shape index (κ1) is 13.8. The first-order chi connectivity index (χ1) is 8.99. The van der Waals surface area contributed by atoms with E-state index in [1.807, 2.05) is 0 Å². The van der Waals surface area contributed by atoms with Crippen LogP contribution in [0.15, 0.2) is 47.6 Å². The lowest BCUT2D eigenvalue weighted by molar-refractivity contribution is 0.595. The molecule has 0 saturated heterocycles. The second-order valence-corrected chi connectivity index (χ2v) is 6.60. The summed E-state index contributed by atoms with van der Waals surface area (Å²) in [5.41, 5.74) is 6.90. The minimum atomic E-state index is -3.44. The van der Waals surface area contributed by atoms with Gasteiger partial charge >= 0.3 is 0 Å². The Kier molecular flexibility index (Phi) is 4.07. The highest BCUT2D eigenvalue weighted by atomic mass is 35.5. The van der Waals surface area contributed by atoms with Crippen LogP contribution < -0.4 is 5.73 Å². The molecule has 100 valence electrons. The summed E-state index contributed by atoms with van der Waals surface area (Å²) >= 11 is 5.92. The van der Waals surface area contributed by atoms with Crippen LogP contribution in [0.5, 0.6) is 0 Å². The van der Waals surface area contributed by atoms with E-state index in [1.165, 1.54) is 12.1 Å². The van der Waals surface area contributed by atoms with Crippen LogP contribution in [-0.2, 0) is 16.3 Å². The quantitative estimate of drug-likeness (QED) is 0.879. The number of hydrogen-bond acceptors (Lipinski definition) is 4. The number of anilines is 1. The van der Waals surface area contributed by atoms with Crippen LogP contribution >= 0.6 is 11.6 Å². The van der Waals surface area contributed by atoms with E-state index in [0.29, 0.717) is 12.1 Å². The Morgan fingerprint density at radius 2 is 1.84 bits per heavy atom. The summed E-state index contributed by atoms with van der Waals surface area (Å²) in [5.74, 6) is -0.0137. The molecule has 0 bridgehead atoms. The van der Waals surface area contributed by atoms with Gasteiger partial charge in [-0.25, -0.2) is 8.42 Å². The number of nitrogens with zero attached hydrogens (tertiary/aromatic N) is 1. The van der Waals surface area contributed by atoms with Crippen molar-refractivity contribution < 1.29 is 8.42 Å². The molecule has 1 aromatic carbocycles. The minimum Gasteiger partial charge on any atom is -0.399 e. The molecule has 0 aliphatic carbocycles. The van der Waals surface area contributed by atoms with Gasteiger partial charge < -0.3 is 5.73 Å². The van der Waals surface area contributed by atoms with E-state index in [2.05, 4.69) is 4.98 Å². The van der Waals surface area contributed by atoms with E-state index >= 15 is 0 Å². The number of aryl methyl sites for hydroxylation is 1. The summed E-state index contributed by atoms with van der Waals surface area (Å²) < 4.78 is 24.4. The fourth-order valence-electron chi connectivity index (χ4n) is 1.67. The fourth-order valence-corrected chi connectivity index (χ4v) is 3.55. The number of nitrogen functional groups attached to an aromatic ring is 1. The van der Waals surface area contributed by atoms with Crippen molar-refractivity contribution in [3.63, 3.8) is 0 Å². The highest BCUT2D eigenvalue weighted by Gasteiger charge is 2.18. The maximum atomic E-state index is 12.2. The summed E-state index contributed by atoms with van der Waals surface area (Å²) in [6.07, 6.45) is 3.68. The molecular formula is C13H13ClN2O2S. The standard InChI is InChI=1S/C13H13ClN2O2S/c14-12-2-1-11(15)9-13(12)19(17,18)8-5-10-3-6-16-7-4-10/h1-4,6-7,9H,5,8,15H2. The van der Waals surface area contributed by atoms with Crippen LogP contribution in [0.1, 0.15) is 5.56 Å². The fraction of sp³-hybridized carbons (Fsp3) is 0.154. The molecule has 4 nitrogen and oxygen atoms in total. The molecule has 0 atom stereocenters. The zero-order valence-corrected chi connectivity index (χ0v) is 11.7. The Bertz CT molecular complexity index is 672. The maximum absolute atomic E-state index is 12.2. The number of pyridine rings is 1. The zero-order valence-electron chi connectivity index (χ0n) is 10.1. The second kappa shape index (κ2) is 5.59. The molecular weight excluding hydrogens is 284 g/mol. The van der Waals surface area contributed by atoms with Gasteiger partial charge in [0.1, 0.15) is 0 Å². The Morgan fingerprint density at radius 1 is 1.16 bits per heavy atom. The van der Waals surface area contributed by atoms with Gasteiger partial charge in [0.15, 0.2) is 9.84 Å². The van der Waals surface area contributed by atoms with Crippen LogP contribution in [0.4, 0.5) is 5.69 Å². The lowest BCUT2D eigenvalue weighted by Gasteiger charge is -2.07. The van der Waals surface area contributed by atoms with E-state index in [0.717, 1.165) is 5.56 Å². The molecule has 0 unspecified atom stereocenters. The maximum Gasteiger partial charge on any atom is 0.180 e. The van der Waals surface area contributed by atoms with Gasteiger partial charge in [-0.1, -0.05) is 11.6 Å². The van der Waals surface area contributed by atoms with Gasteiger partial charge in [-0.15, -0.1) is 0 Å². The van der Waals surface area contributed by atoms with Gasteiger partial charge in [-0.3, -0.25) is 4.98 Å². The smallest absolute Gasteiger partial charge is 0.180 e. The topological polar surface area (TPSA) is 73.1 Å². The first-order valence-corrected chi connectivity index (χ1v) is 7.69. The molecule has 1 aromatic heterocycles. The summed E-state index contributed by atoms with van der Waals surface area (Å²) in [4.78, 5) is 3.97. The molecule has 0 amide bonds. The number of aromatic nitrogens is 1. The van der Waals surface area contributed by atoms with Gasteiger partial charge in [0.2, 0.25) is 0 Å². The predicted molar refractivity (Wildman–Crippen MR) is 75.9 cm³/mol. The Hall–Kier alpha value is -1.59. The first-order valence-electron chi connectivity index (χ1n) is 5.66. The SMILES string of the molecule is Nc1ccc(Cl)c(S(=O)(=O)CCc2ccncc2)c1. The summed E-state index contributed by atoms with van der Waals surface area (Å²) in [7, 11) is -3.44. The molecule has 1 heterocycles. The third-order valence-corrected chi connectivity index (χ3v) is 4.89. The van der Waals surface area contributed by atoms with Crippen LogP contribution in [0.2, 0.25) is 5.02 Å². The number of hydrogen-bond donors (Lipinski definition) is 1. The largest absolute Gasteiger partial charge is 0.399 e. The lowest BCUT2D eigenvalue weighted by Crippen LogP contribution is -2.10. The van der Waals surface area contributed by atoms with Gasteiger partial charge in [-0.05, 0) is 42.3 Å². The molecule has 0 spiro atoms. The molecule has 0 aliphatic rings. The number of rotatable bonds is 4. The third kappa shape index (κ3) is 3.45. The normalized spacial score (nSPS) is 11.4. The monoisotopic (exact) mass is 296 g/mol. The molecule has 2 rings (SSSR count). The van der Waals surface area contributed by atoms with E-state index in [-0.39, 0.29) is 15.7 Å². The van der Waals surface area contributed by atoms with Crippen molar-refractivity contribution in [3.8, 4) is 0 Å². The predicted octanol–water partition coefficient (Wildman–Crippen LogP) is 2.33. The molecule has 0 fully saturated rings. The average Bonchev–Trinajstić information content (AvgIpc) is 2.40. The number of benzene rings is 1. The minimum absolute atomic E-state index is 0.0137. The van der Waals surface area contributed by atoms with Gasteiger partial charge in [-0.2, -0.15) is 0 Å². The van der Waals surface area contributed by atoms with E-state index in [1.54, 1.807) is 30.6 Å². The van der Waals surface area contributed by atoms with Crippen molar-refractivity contribution in [2.75, 3.05) is 11.5 Å². The van der Waals surface area contributed by atoms with Crippen LogP contribution in [0.3, 0.4) is 0 Å². The van der Waals surface area contributed by atoms with Gasteiger partial charge in [0, 0.05) is 18.1 Å². The van der Waals surface area contributed by atoms with E-state index in [9.17, 15) is 8.42 Å². The molecule has 2 aromatic rings. The van der Waals surface area contributed by atoms with Crippen molar-refractivity contribution in [1.82, 2.24) is 4.98 Å². The molecule has 0 aliphatic heterocycles.